The van der Waals surface area contributed by atoms with Crippen molar-refractivity contribution in [3.05, 3.63) is 118 Å². The highest BCUT2D eigenvalue weighted by Gasteiger charge is 2.50. The lowest BCUT2D eigenvalue weighted by atomic mass is 9.78. The number of ketones is 1. The van der Waals surface area contributed by atoms with Gasteiger partial charge in [-0.15, -0.1) is 0 Å². The van der Waals surface area contributed by atoms with E-state index in [2.05, 4.69) is 31.9 Å². The van der Waals surface area contributed by atoms with Crippen LogP contribution >= 0.6 is 0 Å². The number of rotatable bonds is 20. The summed E-state index contributed by atoms with van der Waals surface area (Å²) in [6.45, 7) is 15.9. The molecule has 6 aliphatic rings. The van der Waals surface area contributed by atoms with Crippen molar-refractivity contribution in [2.24, 2.45) is 35.3 Å². The van der Waals surface area contributed by atoms with Gasteiger partial charge in [-0.25, -0.2) is 9.78 Å². The number of nitrogens with zero attached hydrogens (tertiary/aromatic N) is 3. The predicted molar refractivity (Wildman–Crippen MR) is 384 cm³/mol. The monoisotopic (exact) mass is 1450 g/mol. The summed E-state index contributed by atoms with van der Waals surface area (Å²) in [6.07, 6.45) is 5.59. The molecular weight excluding hydrogens is 1360 g/mol. The molecule has 1 aliphatic carbocycles. The molecule has 4 bridgehead atoms. The highest BCUT2D eigenvalue weighted by atomic mass is 16.7. The predicted octanol–water partition coefficient (Wildman–Crippen LogP) is 4.86. The minimum Gasteiger partial charge on any atom is -0.507 e. The second-order valence-electron chi connectivity index (χ2n) is 27.8. The van der Waals surface area contributed by atoms with Crippen LogP contribution in [0.3, 0.4) is 0 Å². The Balaban J connectivity index is 1.00. The first-order valence-corrected chi connectivity index (χ1v) is 34.9. The van der Waals surface area contributed by atoms with E-state index in [9.17, 15) is 63.6 Å². The smallest absolute Gasteiger partial charge is 0.312 e. The van der Waals surface area contributed by atoms with Crippen LogP contribution in [-0.2, 0) is 59.0 Å². The number of urea groups is 1. The summed E-state index contributed by atoms with van der Waals surface area (Å²) in [6, 6.07) is 6.88. The molecule has 1 fully saturated rings. The number of aromatic hydroxyl groups is 2. The van der Waals surface area contributed by atoms with Crippen LogP contribution in [0.5, 0.6) is 17.2 Å². The molecule has 9 amide bonds. The summed E-state index contributed by atoms with van der Waals surface area (Å²) < 4.78 is 30.7. The number of phenols is 2. The maximum Gasteiger partial charge on any atom is 0.312 e. The summed E-state index contributed by atoms with van der Waals surface area (Å²) in [5.74, 6) is -13.3. The van der Waals surface area contributed by atoms with Gasteiger partial charge in [-0.2, -0.15) is 0 Å². The number of nitrogens with two attached hydrogens (primary N) is 1. The number of primary amides is 1. The zero-order valence-corrected chi connectivity index (χ0v) is 60.4. The van der Waals surface area contributed by atoms with Crippen molar-refractivity contribution < 1.29 is 91.7 Å². The van der Waals surface area contributed by atoms with Gasteiger partial charge in [0, 0.05) is 136 Å². The number of allylic oxidation sites excluding steroid dienone is 2. The number of nitrogens with one attached hydrogen (secondary N) is 6. The van der Waals surface area contributed by atoms with Gasteiger partial charge in [0.05, 0.1) is 35.5 Å². The van der Waals surface area contributed by atoms with E-state index in [4.69, 9.17) is 34.1 Å². The number of imide groups is 1. The number of benzene rings is 4. The number of aromatic nitrogens is 1. The largest absolute Gasteiger partial charge is 0.507 e. The van der Waals surface area contributed by atoms with Gasteiger partial charge in [0.1, 0.15) is 58.4 Å². The van der Waals surface area contributed by atoms with E-state index >= 15 is 9.59 Å². The summed E-state index contributed by atoms with van der Waals surface area (Å²) in [5.41, 5.74) is 4.15. The lowest BCUT2D eigenvalue weighted by Gasteiger charge is -2.38. The number of methoxy groups -OCH3 is 1. The number of hydrogen-bond donors (Lipinski definition) is 11. The van der Waals surface area contributed by atoms with Crippen LogP contribution in [0, 0.1) is 36.5 Å². The summed E-state index contributed by atoms with van der Waals surface area (Å²) in [5, 5.41) is 63.1. The quantitative estimate of drug-likeness (QED) is 0.0163. The molecule has 0 aromatic heterocycles. The Labute approximate surface area is 605 Å². The first-order chi connectivity index (χ1) is 49.7. The minimum absolute atomic E-state index is 0.0160. The summed E-state index contributed by atoms with van der Waals surface area (Å²) in [7, 11) is 1.40. The second-order valence-corrected chi connectivity index (χ2v) is 27.8. The van der Waals surface area contributed by atoms with Crippen LogP contribution in [0.4, 0.5) is 16.2 Å². The Bertz CT molecular complexity index is 4330. The molecule has 0 radical (unpaired) electrons. The van der Waals surface area contributed by atoms with E-state index in [0.29, 0.717) is 24.1 Å². The normalized spacial score (nSPS) is 24.5. The first kappa shape index (κ1) is 78.4. The van der Waals surface area contributed by atoms with Crippen LogP contribution < -0.4 is 52.7 Å². The number of carbonyl (C=O) groups excluding carboxylic acids is 10. The average Bonchev–Trinajstić information content (AvgIpc) is 1.69. The number of fused-ring (bicyclic) bond motifs is 2. The summed E-state index contributed by atoms with van der Waals surface area (Å²) in [4.78, 5) is 157. The molecule has 562 valence electrons. The number of anilines is 2. The van der Waals surface area contributed by atoms with Crippen molar-refractivity contribution in [1.82, 2.24) is 36.5 Å². The molecule has 1 saturated heterocycles. The highest BCUT2D eigenvalue weighted by Crippen LogP contribution is 2.51. The number of aliphatic hydroxyl groups excluding tert-OH is 2. The molecule has 30 heteroatoms. The number of esters is 1. The van der Waals surface area contributed by atoms with Crippen LogP contribution in [-0.4, -0.2) is 177 Å². The molecule has 12 atom stereocenters. The fourth-order valence-electron chi connectivity index (χ4n) is 13.7. The van der Waals surface area contributed by atoms with Crippen molar-refractivity contribution in [3.63, 3.8) is 0 Å². The molecule has 105 heavy (non-hydrogen) atoms. The Kier molecular flexibility index (Phi) is 24.9. The van der Waals surface area contributed by atoms with Crippen molar-refractivity contribution in [2.45, 2.75) is 162 Å². The first-order valence-electron chi connectivity index (χ1n) is 34.9. The van der Waals surface area contributed by atoms with Crippen molar-refractivity contribution in [1.29, 1.82) is 0 Å². The minimum atomic E-state index is -2.19. The third-order valence-corrected chi connectivity index (χ3v) is 19.9. The van der Waals surface area contributed by atoms with Gasteiger partial charge < -0.3 is 86.3 Å². The maximum absolute atomic E-state index is 15.2. The molecule has 30 nitrogen and oxygen atoms in total. The van der Waals surface area contributed by atoms with Crippen LogP contribution in [0.2, 0.25) is 0 Å². The van der Waals surface area contributed by atoms with E-state index in [0.717, 1.165) is 23.3 Å². The Hall–Kier alpha value is -10.7. The topological polar surface area (TPSA) is 436 Å². The van der Waals surface area contributed by atoms with E-state index < -0.39 is 171 Å². The van der Waals surface area contributed by atoms with E-state index in [1.165, 1.54) is 59.1 Å². The molecule has 0 unspecified atom stereocenters. The Morgan fingerprint density at radius 2 is 1.52 bits per heavy atom. The number of ether oxygens (including phenoxy) is 4. The third-order valence-electron chi connectivity index (χ3n) is 19.9. The number of piperidine rings is 1. The van der Waals surface area contributed by atoms with Gasteiger partial charge in [0.2, 0.25) is 29.1 Å². The Morgan fingerprint density at radius 3 is 2.17 bits per heavy atom. The number of hydrogen-bond acceptors (Lipinski definition) is 22. The van der Waals surface area contributed by atoms with Crippen molar-refractivity contribution in [2.75, 3.05) is 43.5 Å². The van der Waals surface area contributed by atoms with Crippen molar-refractivity contribution in [3.8, 4) is 28.7 Å². The van der Waals surface area contributed by atoms with Crippen LogP contribution in [0.15, 0.2) is 100.0 Å². The van der Waals surface area contributed by atoms with Crippen LogP contribution in [0.1, 0.15) is 116 Å². The van der Waals surface area contributed by atoms with E-state index in [-0.39, 0.29) is 102 Å². The maximum atomic E-state index is 15.2. The molecular formula is C75H92N10O20. The molecule has 0 spiro atoms. The fraction of sp³-hybridized carbons (Fsp3) is 0.467. The number of amides is 9. The van der Waals surface area contributed by atoms with Gasteiger partial charge >= 0.3 is 17.8 Å². The van der Waals surface area contributed by atoms with Gasteiger partial charge in [0.25, 0.3) is 23.5 Å². The van der Waals surface area contributed by atoms with Gasteiger partial charge in [-0.1, -0.05) is 90.1 Å². The fourth-order valence-corrected chi connectivity index (χ4v) is 13.7. The molecule has 12 N–H and O–H groups in total. The molecule has 9 rings (SSSR count). The number of phenolic OH excluding ortho intramolecular Hbond substituents is 2. The average molecular weight is 1450 g/mol. The SMILES string of the molecule is CO[C@H]1/C=C/O[C@@]2(C)Oc3c(C)c(O)c4c(=O)c(c5oc6cc(N7CCC(NC(=O)[C@H](Cc8ccccc8)NC(=O)[C@H](CCCNC(N)=O)NC(=O)[C@@H](NC(=O)CCN8C(=O)C=CC8=O)C(C)C)CC7)cc(O)c6nc-5c4c3C2=O)NC(=O)/C(C)=C\C=C\[C@H](C)[C@H](O)[C@@H](C)[C@@H](O)[C@@H](C)[C@H](OC(C)=O)[C@@H]1C. The zero-order chi connectivity index (χ0) is 76.6. The lowest BCUT2D eigenvalue weighted by Crippen LogP contribution is -2.59. The van der Waals surface area contributed by atoms with Gasteiger partial charge in [0.15, 0.2) is 11.3 Å². The van der Waals surface area contributed by atoms with Gasteiger partial charge in [-0.3, -0.25) is 52.8 Å². The number of Topliss-reactive ketones (excluding diaryl/α,β-unsaturated/α-hetero) is 1. The third kappa shape index (κ3) is 17.6. The zero-order valence-electron chi connectivity index (χ0n) is 60.4. The van der Waals surface area contributed by atoms with Crippen LogP contribution in [0.25, 0.3) is 33.3 Å². The molecule has 5 heterocycles. The molecule has 3 aromatic rings. The highest BCUT2D eigenvalue weighted by molar-refractivity contribution is 6.22. The molecule has 3 aromatic carbocycles. The van der Waals surface area contributed by atoms with Crippen molar-refractivity contribution >= 4 is 92.4 Å². The standard InChI is InChI=1S/C75H92N10O20/c1-36(2)58(81-52(88)26-31-85-53(89)22-23-54(85)90)73(99)79-47(21-16-28-77-74(76)100)71(97)80-48(33-44-19-13-12-14-20-44)72(98)78-45-24-29-84(30-25-45)46-34-49(87)59-51(35-46)104-68-60(82-59)55-56-64(93)42(8)67-57(55)69(95)75(10,105-67)102-32-27-50(101-11)39(5)66(103-43(9)86)41(7)63(92)40(6)62(91)37(3)17-15-18-38(4)70(96)83-61(68)65(56)94/h12-15,17-20,22-23,27,32,34-37,39-41,45,47-48,50,58,62-63,66,87,91-93H,16,21,24-26,28-31,33H2,1-11H3,(H,78,98)(H,79,99)(H,80,97)(H,81,88)(H,83,96)(H3,76,77,100)/b17-15+,32-27+,38-18-/t37-,39+,40+,41+,47-,48-,50-,58-,62-,63+,66+,75-/m0/s1. The lowest BCUT2D eigenvalue weighted by molar-refractivity contribution is -0.160. The van der Waals surface area contributed by atoms with E-state index in [1.807, 2.05) is 4.90 Å². The number of aliphatic hydroxyl groups is 2. The molecule has 0 saturated carbocycles. The molecule has 5 aliphatic heterocycles. The summed E-state index contributed by atoms with van der Waals surface area (Å²) >= 11 is 0. The number of carbonyl (C=O) groups is 10. The van der Waals surface area contributed by atoms with Gasteiger partial charge in [-0.05, 0) is 57.1 Å². The van der Waals surface area contributed by atoms with E-state index in [1.54, 1.807) is 84.0 Å². The Morgan fingerprint density at radius 1 is 0.848 bits per heavy atom. The second kappa shape index (κ2) is 33.4.